The quantitative estimate of drug-likeness (QED) is 0.0243. The van der Waals surface area contributed by atoms with E-state index in [2.05, 4.69) is 31.3 Å². The van der Waals surface area contributed by atoms with Gasteiger partial charge in [0.25, 0.3) is 0 Å². The highest BCUT2D eigenvalue weighted by atomic mass is 31.2. The number of nitrogens with one attached hydrogen (secondary N) is 1. The summed E-state index contributed by atoms with van der Waals surface area (Å²) in [6.07, 6.45) is 54.0. The minimum Gasteiger partial charge on any atom is -0.387 e. The van der Waals surface area contributed by atoms with Crippen molar-refractivity contribution < 1.29 is 32.9 Å². The summed E-state index contributed by atoms with van der Waals surface area (Å²) in [5.41, 5.74) is 0. The second-order valence-corrected chi connectivity index (χ2v) is 20.7. The van der Waals surface area contributed by atoms with Crippen LogP contribution in [-0.4, -0.2) is 73.4 Å². The number of nitrogens with zero attached hydrogens (tertiary/aromatic N) is 1. The Labute approximate surface area is 379 Å². The van der Waals surface area contributed by atoms with Crippen LogP contribution in [0.1, 0.15) is 251 Å². The van der Waals surface area contributed by atoms with E-state index in [0.29, 0.717) is 17.4 Å². The van der Waals surface area contributed by atoms with Crippen LogP contribution >= 0.6 is 7.82 Å². The molecule has 0 aromatic rings. The lowest BCUT2D eigenvalue weighted by Gasteiger charge is -2.25. The molecule has 0 aromatic heterocycles. The van der Waals surface area contributed by atoms with Crippen molar-refractivity contribution >= 4 is 13.7 Å². The van der Waals surface area contributed by atoms with Crippen molar-refractivity contribution in [2.75, 3.05) is 40.9 Å². The third kappa shape index (κ3) is 46.8. The van der Waals surface area contributed by atoms with E-state index in [1.807, 2.05) is 27.2 Å². The van der Waals surface area contributed by atoms with Gasteiger partial charge in [-0.05, 0) is 44.9 Å². The zero-order valence-electron chi connectivity index (χ0n) is 41.2. The number of hydrogen-bond acceptors (Lipinski definition) is 5. The molecule has 0 spiro atoms. The molecule has 0 aliphatic rings. The first-order valence-electron chi connectivity index (χ1n) is 26.2. The molecule has 0 saturated heterocycles. The Bertz CT molecular complexity index is 1050. The zero-order chi connectivity index (χ0) is 45.0. The molecule has 61 heavy (non-hydrogen) atoms. The Morgan fingerprint density at radius 1 is 0.541 bits per heavy atom. The van der Waals surface area contributed by atoms with E-state index < -0.39 is 20.0 Å². The van der Waals surface area contributed by atoms with Crippen LogP contribution in [0.4, 0.5) is 0 Å². The van der Waals surface area contributed by atoms with E-state index in [9.17, 15) is 19.4 Å². The largest absolute Gasteiger partial charge is 0.472 e. The summed E-state index contributed by atoms with van der Waals surface area (Å²) in [4.78, 5) is 23.2. The number of aliphatic hydroxyl groups excluding tert-OH is 1. The van der Waals surface area contributed by atoms with Crippen LogP contribution in [0.15, 0.2) is 24.3 Å². The Morgan fingerprint density at radius 3 is 1.26 bits per heavy atom. The summed E-state index contributed by atoms with van der Waals surface area (Å²) >= 11 is 0. The SMILES string of the molecule is CCCCCCCCCC/C=C\CCCCCCCCCCCC(=O)NC(COP(=O)(O)OCC[N+](C)(C)C)C(O)/C=C/CCCCCCCCCCCCCCCCCC. The number of carbonyl (C=O) groups is 1. The second kappa shape index (κ2) is 44.2. The van der Waals surface area contributed by atoms with Crippen LogP contribution in [0.2, 0.25) is 0 Å². The van der Waals surface area contributed by atoms with E-state index in [0.717, 1.165) is 38.5 Å². The van der Waals surface area contributed by atoms with Crippen LogP contribution in [-0.2, 0) is 18.4 Å². The van der Waals surface area contributed by atoms with Gasteiger partial charge in [0, 0.05) is 6.42 Å². The van der Waals surface area contributed by atoms with Crippen LogP contribution in [0.3, 0.4) is 0 Å². The number of phosphoric acid groups is 1. The number of aliphatic hydroxyl groups is 1. The summed E-state index contributed by atoms with van der Waals surface area (Å²) in [6.45, 7) is 4.84. The zero-order valence-corrected chi connectivity index (χ0v) is 42.1. The fraction of sp³-hybridized carbons (Fsp3) is 0.904. The predicted molar refractivity (Wildman–Crippen MR) is 263 cm³/mol. The first-order valence-corrected chi connectivity index (χ1v) is 27.7. The number of quaternary nitrogens is 1. The average molecular weight is 884 g/mol. The maximum atomic E-state index is 12.9. The van der Waals surface area contributed by atoms with Gasteiger partial charge < -0.3 is 19.8 Å². The molecule has 0 aliphatic heterocycles. The summed E-state index contributed by atoms with van der Waals surface area (Å²) in [6, 6.07) is -0.845. The van der Waals surface area contributed by atoms with Crippen molar-refractivity contribution in [1.82, 2.24) is 5.32 Å². The minimum atomic E-state index is -4.34. The number of phosphoric ester groups is 1. The van der Waals surface area contributed by atoms with E-state index in [1.54, 1.807) is 6.08 Å². The summed E-state index contributed by atoms with van der Waals surface area (Å²) in [5.74, 6) is -0.176. The monoisotopic (exact) mass is 884 g/mol. The first-order chi connectivity index (χ1) is 29.5. The standard InChI is InChI=1S/C52H103N2O6P/c1-6-8-10-12-14-16-18-20-22-24-26-27-28-30-32-34-36-38-40-42-44-46-52(56)53-50(49-60-61(57,58)59-48-47-54(3,4)5)51(55)45-43-41-39-37-35-33-31-29-25-23-21-19-17-15-13-11-9-7-2/h24,26,43,45,50-51,55H,6-23,25,27-42,44,46-49H2,1-5H3,(H-,53,56,57,58)/p+1/b26-24-,45-43+. The highest BCUT2D eigenvalue weighted by Gasteiger charge is 2.27. The lowest BCUT2D eigenvalue weighted by atomic mass is 10.0. The number of unbranched alkanes of at least 4 members (excludes halogenated alkanes) is 33. The van der Waals surface area contributed by atoms with Gasteiger partial charge in [-0.3, -0.25) is 13.8 Å². The fourth-order valence-corrected chi connectivity index (χ4v) is 8.48. The summed E-state index contributed by atoms with van der Waals surface area (Å²) in [7, 11) is 1.58. The van der Waals surface area contributed by atoms with Crippen LogP contribution in [0.5, 0.6) is 0 Å². The van der Waals surface area contributed by atoms with E-state index >= 15 is 0 Å². The molecule has 0 aromatic carbocycles. The maximum absolute atomic E-state index is 12.9. The highest BCUT2D eigenvalue weighted by molar-refractivity contribution is 7.47. The summed E-state index contributed by atoms with van der Waals surface area (Å²) < 4.78 is 23.7. The summed E-state index contributed by atoms with van der Waals surface area (Å²) in [5, 5.41) is 13.9. The fourth-order valence-electron chi connectivity index (χ4n) is 7.74. The van der Waals surface area contributed by atoms with Crippen molar-refractivity contribution in [1.29, 1.82) is 0 Å². The second-order valence-electron chi connectivity index (χ2n) is 19.3. The van der Waals surface area contributed by atoms with E-state index in [4.69, 9.17) is 9.05 Å². The van der Waals surface area contributed by atoms with Gasteiger partial charge in [-0.2, -0.15) is 0 Å². The predicted octanol–water partition coefficient (Wildman–Crippen LogP) is 15.3. The van der Waals surface area contributed by atoms with Gasteiger partial charge in [0.2, 0.25) is 5.91 Å². The maximum Gasteiger partial charge on any atom is 0.472 e. The van der Waals surface area contributed by atoms with Gasteiger partial charge >= 0.3 is 7.82 Å². The third-order valence-electron chi connectivity index (χ3n) is 11.9. The lowest BCUT2D eigenvalue weighted by Crippen LogP contribution is -2.45. The first kappa shape index (κ1) is 60.0. The van der Waals surface area contributed by atoms with E-state index in [-0.39, 0.29) is 19.1 Å². The van der Waals surface area contributed by atoms with Crippen molar-refractivity contribution in [2.45, 2.75) is 264 Å². The Morgan fingerprint density at radius 2 is 0.885 bits per heavy atom. The molecule has 0 rings (SSSR count). The molecule has 3 atom stereocenters. The molecule has 0 radical (unpaired) electrons. The van der Waals surface area contributed by atoms with E-state index in [1.165, 1.54) is 193 Å². The third-order valence-corrected chi connectivity index (χ3v) is 12.9. The van der Waals surface area contributed by atoms with Crippen molar-refractivity contribution in [3.05, 3.63) is 24.3 Å². The minimum absolute atomic E-state index is 0.0626. The normalized spacial score (nSPS) is 14.3. The van der Waals surface area contributed by atoms with Crippen molar-refractivity contribution in [3.8, 4) is 0 Å². The molecular weight excluding hydrogens is 780 g/mol. The number of carbonyl (C=O) groups excluding carboxylic acids is 1. The molecule has 0 heterocycles. The highest BCUT2D eigenvalue weighted by Crippen LogP contribution is 2.43. The van der Waals surface area contributed by atoms with Crippen LogP contribution in [0.25, 0.3) is 0 Å². The van der Waals surface area contributed by atoms with Gasteiger partial charge in [-0.1, -0.05) is 224 Å². The number of rotatable bonds is 48. The van der Waals surface area contributed by atoms with Gasteiger partial charge in [0.05, 0.1) is 39.9 Å². The van der Waals surface area contributed by atoms with Gasteiger partial charge in [0.15, 0.2) is 0 Å². The molecule has 9 heteroatoms. The molecule has 3 N–H and O–H groups in total. The molecule has 1 amide bonds. The smallest absolute Gasteiger partial charge is 0.387 e. The number of likely N-dealkylation sites (N-methyl/N-ethyl adjacent to an activating group) is 1. The molecule has 0 aliphatic carbocycles. The van der Waals surface area contributed by atoms with Crippen molar-refractivity contribution in [2.24, 2.45) is 0 Å². The van der Waals surface area contributed by atoms with Gasteiger partial charge in [-0.25, -0.2) is 4.57 Å². The average Bonchev–Trinajstić information content (AvgIpc) is 3.21. The van der Waals surface area contributed by atoms with Crippen molar-refractivity contribution in [3.63, 3.8) is 0 Å². The topological polar surface area (TPSA) is 105 Å². The van der Waals surface area contributed by atoms with Gasteiger partial charge in [0.1, 0.15) is 13.2 Å². The van der Waals surface area contributed by atoms with Gasteiger partial charge in [-0.15, -0.1) is 0 Å². The molecule has 8 nitrogen and oxygen atoms in total. The molecule has 0 fully saturated rings. The molecular formula is C52H104N2O6P+. The number of allylic oxidation sites excluding steroid dienone is 3. The lowest BCUT2D eigenvalue weighted by molar-refractivity contribution is -0.870. The Hall–Kier alpha value is -1.02. The molecule has 362 valence electrons. The molecule has 0 saturated carbocycles. The Kier molecular flexibility index (Phi) is 43.5. The molecule has 3 unspecified atom stereocenters. The van der Waals surface area contributed by atoms with Crippen LogP contribution < -0.4 is 5.32 Å². The Balaban J connectivity index is 4.28. The number of hydrogen-bond donors (Lipinski definition) is 3. The van der Waals surface area contributed by atoms with Crippen LogP contribution in [0, 0.1) is 0 Å². The number of amides is 1. The molecule has 0 bridgehead atoms.